The van der Waals surface area contributed by atoms with Crippen molar-refractivity contribution >= 4 is 53.3 Å². The van der Waals surface area contributed by atoms with Crippen LogP contribution in [0.2, 0.25) is 0 Å². The molecule has 0 aliphatic rings. The lowest BCUT2D eigenvalue weighted by Crippen LogP contribution is -1.85. The molecule has 0 atom stereocenters. The topological polar surface area (TPSA) is 9.23 Å². The van der Waals surface area contributed by atoms with Crippen LogP contribution < -0.4 is 4.74 Å². The van der Waals surface area contributed by atoms with Gasteiger partial charge in [0.1, 0.15) is 5.75 Å². The van der Waals surface area contributed by atoms with Gasteiger partial charge >= 0.3 is 0 Å². The number of hydrogen-bond donors (Lipinski definition) is 0. The molecule has 0 radical (unpaired) electrons. The lowest BCUT2D eigenvalue weighted by molar-refractivity contribution is 0.419. The Labute approximate surface area is 103 Å². The van der Waals surface area contributed by atoms with Gasteiger partial charge in [0.15, 0.2) is 0 Å². The zero-order chi connectivity index (χ0) is 10.1. The minimum absolute atomic E-state index is 0.875. The lowest BCUT2D eigenvalue weighted by atomic mass is 10.2. The third-order valence-corrected chi connectivity index (χ3v) is 4.67. The largest absolute Gasteiger partial charge is 0.496 e. The zero-order valence-electron chi connectivity index (χ0n) is 7.51. The number of halogens is 2. The average molecular weight is 336 g/mol. The molecule has 1 aromatic carbocycles. The Bertz CT molecular complexity index is 464. The van der Waals surface area contributed by atoms with Gasteiger partial charge in [0.05, 0.1) is 7.11 Å². The molecule has 4 heteroatoms. The van der Waals surface area contributed by atoms with E-state index in [-0.39, 0.29) is 0 Å². The number of thiophene rings is 1. The molecule has 0 fully saturated rings. The van der Waals surface area contributed by atoms with E-state index in [2.05, 4.69) is 43.3 Å². The van der Waals surface area contributed by atoms with Crippen molar-refractivity contribution in [3.63, 3.8) is 0 Å². The van der Waals surface area contributed by atoms with Crippen molar-refractivity contribution in [2.75, 3.05) is 7.11 Å². The molecule has 0 spiro atoms. The highest BCUT2D eigenvalue weighted by Gasteiger charge is 2.10. The monoisotopic (exact) mass is 334 g/mol. The highest BCUT2D eigenvalue weighted by atomic mass is 79.9. The van der Waals surface area contributed by atoms with Crippen LogP contribution in [0.4, 0.5) is 0 Å². The second kappa shape index (κ2) is 4.21. The molecule has 0 aliphatic heterocycles. The van der Waals surface area contributed by atoms with Gasteiger partial charge in [-0.3, -0.25) is 0 Å². The van der Waals surface area contributed by atoms with Gasteiger partial charge in [-0.25, -0.2) is 0 Å². The molecule has 74 valence electrons. The molecule has 0 N–H and O–H groups in total. The van der Waals surface area contributed by atoms with Gasteiger partial charge in [0.2, 0.25) is 0 Å². The molecule has 1 nitrogen and oxygen atoms in total. The molecule has 0 saturated carbocycles. The number of hydrogen-bond acceptors (Lipinski definition) is 2. The second-order valence-corrected chi connectivity index (χ2v) is 5.14. The van der Waals surface area contributed by atoms with Crippen molar-refractivity contribution in [3.05, 3.63) is 27.5 Å². The Morgan fingerprint density at radius 3 is 2.86 bits per heavy atom. The molecular formula is C10H8Br2OS. The molecule has 0 saturated heterocycles. The predicted octanol–water partition coefficient (Wildman–Crippen LogP) is 4.57. The van der Waals surface area contributed by atoms with E-state index in [0.29, 0.717) is 0 Å². The first kappa shape index (κ1) is 10.5. The van der Waals surface area contributed by atoms with Crippen LogP contribution in [0.15, 0.2) is 22.0 Å². The average Bonchev–Trinajstić information content (AvgIpc) is 2.60. The van der Waals surface area contributed by atoms with Gasteiger partial charge in [0, 0.05) is 25.3 Å². The van der Waals surface area contributed by atoms with E-state index >= 15 is 0 Å². The van der Waals surface area contributed by atoms with Crippen molar-refractivity contribution in [2.45, 2.75) is 5.33 Å². The summed E-state index contributed by atoms with van der Waals surface area (Å²) < 4.78 is 7.72. The molecular weight excluding hydrogens is 328 g/mol. The van der Waals surface area contributed by atoms with Gasteiger partial charge in [-0.15, -0.1) is 11.3 Å². The maximum Gasteiger partial charge on any atom is 0.128 e. The number of fused-ring (bicyclic) bond motifs is 1. The Morgan fingerprint density at radius 1 is 1.43 bits per heavy atom. The van der Waals surface area contributed by atoms with Crippen LogP contribution >= 0.6 is 43.2 Å². The maximum absolute atomic E-state index is 5.33. The molecule has 1 aromatic heterocycles. The molecule has 2 aromatic rings. The Morgan fingerprint density at radius 2 is 2.21 bits per heavy atom. The van der Waals surface area contributed by atoms with E-state index in [0.717, 1.165) is 15.6 Å². The summed E-state index contributed by atoms with van der Waals surface area (Å²) >= 11 is 8.76. The summed E-state index contributed by atoms with van der Waals surface area (Å²) in [6.07, 6.45) is 0. The molecule has 0 unspecified atom stereocenters. The molecule has 0 amide bonds. The van der Waals surface area contributed by atoms with Crippen molar-refractivity contribution in [3.8, 4) is 5.75 Å². The first-order chi connectivity index (χ1) is 6.77. The van der Waals surface area contributed by atoms with Gasteiger partial charge in [-0.2, -0.15) is 0 Å². The second-order valence-electron chi connectivity index (χ2n) is 2.85. The fourth-order valence-electron chi connectivity index (χ4n) is 1.41. The standard InChI is InChI=1S/C10H8Br2OS/c1-13-8-3-2-6(4-11)10-9(8)7(12)5-14-10/h2-3,5H,4H2,1H3. The normalized spacial score (nSPS) is 10.8. The van der Waals surface area contributed by atoms with Crippen LogP contribution in [0.3, 0.4) is 0 Å². The lowest BCUT2D eigenvalue weighted by Gasteiger charge is -2.05. The number of methoxy groups -OCH3 is 1. The van der Waals surface area contributed by atoms with Crippen LogP contribution in [0.1, 0.15) is 5.56 Å². The van der Waals surface area contributed by atoms with E-state index in [1.54, 1.807) is 18.4 Å². The zero-order valence-corrected chi connectivity index (χ0v) is 11.5. The molecule has 2 rings (SSSR count). The fourth-order valence-corrected chi connectivity index (χ4v) is 3.83. The summed E-state index contributed by atoms with van der Waals surface area (Å²) in [5.41, 5.74) is 1.30. The van der Waals surface area contributed by atoms with E-state index < -0.39 is 0 Å². The number of ether oxygens (including phenoxy) is 1. The summed E-state index contributed by atoms with van der Waals surface area (Å²) in [6.45, 7) is 0. The Balaban J connectivity index is 2.81. The number of benzene rings is 1. The summed E-state index contributed by atoms with van der Waals surface area (Å²) in [5.74, 6) is 0.929. The third-order valence-electron chi connectivity index (χ3n) is 2.08. The summed E-state index contributed by atoms with van der Waals surface area (Å²) in [4.78, 5) is 0. The summed E-state index contributed by atoms with van der Waals surface area (Å²) in [7, 11) is 1.70. The fraction of sp³-hybridized carbons (Fsp3) is 0.200. The summed E-state index contributed by atoms with van der Waals surface area (Å²) in [5, 5.41) is 4.15. The van der Waals surface area contributed by atoms with Crippen LogP contribution in [-0.4, -0.2) is 7.11 Å². The number of alkyl halides is 1. The van der Waals surface area contributed by atoms with Crippen LogP contribution in [0, 0.1) is 0 Å². The van der Waals surface area contributed by atoms with E-state index in [1.807, 2.05) is 6.07 Å². The predicted molar refractivity (Wildman–Crippen MR) is 68.7 cm³/mol. The van der Waals surface area contributed by atoms with Crippen LogP contribution in [0.25, 0.3) is 10.1 Å². The quantitative estimate of drug-likeness (QED) is 0.730. The highest BCUT2D eigenvalue weighted by Crippen LogP contribution is 2.39. The first-order valence-corrected chi connectivity index (χ1v) is 6.86. The molecule has 14 heavy (non-hydrogen) atoms. The Hall–Kier alpha value is -0.0600. The SMILES string of the molecule is COc1ccc(CBr)c2scc(Br)c12. The van der Waals surface area contributed by atoms with E-state index in [9.17, 15) is 0 Å². The van der Waals surface area contributed by atoms with Crippen molar-refractivity contribution < 1.29 is 4.74 Å². The van der Waals surface area contributed by atoms with E-state index in [1.165, 1.54) is 15.6 Å². The Kier molecular flexibility index (Phi) is 3.14. The highest BCUT2D eigenvalue weighted by molar-refractivity contribution is 9.10. The van der Waals surface area contributed by atoms with Crippen LogP contribution in [-0.2, 0) is 5.33 Å². The van der Waals surface area contributed by atoms with E-state index in [4.69, 9.17) is 4.74 Å². The van der Waals surface area contributed by atoms with Gasteiger partial charge in [0.25, 0.3) is 0 Å². The minimum atomic E-state index is 0.875. The van der Waals surface area contributed by atoms with Crippen molar-refractivity contribution in [2.24, 2.45) is 0 Å². The molecule has 1 heterocycles. The third kappa shape index (κ3) is 1.59. The van der Waals surface area contributed by atoms with Crippen LogP contribution in [0.5, 0.6) is 5.75 Å². The minimum Gasteiger partial charge on any atom is -0.496 e. The van der Waals surface area contributed by atoms with Gasteiger partial charge in [-0.1, -0.05) is 22.0 Å². The van der Waals surface area contributed by atoms with Gasteiger partial charge < -0.3 is 4.74 Å². The smallest absolute Gasteiger partial charge is 0.128 e. The summed E-state index contributed by atoms with van der Waals surface area (Å²) in [6, 6.07) is 4.11. The van der Waals surface area contributed by atoms with Crippen molar-refractivity contribution in [1.29, 1.82) is 0 Å². The van der Waals surface area contributed by atoms with Gasteiger partial charge in [-0.05, 0) is 27.6 Å². The number of rotatable bonds is 2. The maximum atomic E-state index is 5.33. The molecule has 0 aliphatic carbocycles. The van der Waals surface area contributed by atoms with Crippen molar-refractivity contribution in [1.82, 2.24) is 0 Å². The molecule has 0 bridgehead atoms. The first-order valence-electron chi connectivity index (χ1n) is 4.06.